The third-order valence-corrected chi connectivity index (χ3v) is 4.39. The van der Waals surface area contributed by atoms with E-state index in [1.54, 1.807) is 0 Å². The van der Waals surface area contributed by atoms with Crippen molar-refractivity contribution in [3.63, 3.8) is 0 Å². The van der Waals surface area contributed by atoms with Crippen LogP contribution < -0.4 is 0 Å². The fourth-order valence-corrected chi connectivity index (χ4v) is 3.21. The summed E-state index contributed by atoms with van der Waals surface area (Å²) in [5.74, 6) is 1.73. The predicted molar refractivity (Wildman–Crippen MR) is 90.7 cm³/mol. The number of imidazole rings is 1. The van der Waals surface area contributed by atoms with Gasteiger partial charge >= 0.3 is 0 Å². The summed E-state index contributed by atoms with van der Waals surface area (Å²) < 4.78 is 3.45. The van der Waals surface area contributed by atoms with Crippen molar-refractivity contribution in [2.24, 2.45) is 0 Å². The zero-order valence-corrected chi connectivity index (χ0v) is 14.5. The molecule has 0 aliphatic carbocycles. The Morgan fingerprint density at radius 3 is 2.85 bits per heavy atom. The van der Waals surface area contributed by atoms with Crippen LogP contribution in [0.1, 0.15) is 51.4 Å². The van der Waals surface area contributed by atoms with Crippen molar-refractivity contribution in [1.29, 1.82) is 0 Å². The minimum atomic E-state index is 0.478. The van der Waals surface area contributed by atoms with E-state index in [1.807, 2.05) is 0 Å². The second-order valence-electron chi connectivity index (χ2n) is 5.31. The summed E-state index contributed by atoms with van der Waals surface area (Å²) >= 11 is 9.45. The number of unbranched alkanes of at least 4 members (excludes halogenated alkanes) is 2. The van der Waals surface area contributed by atoms with Gasteiger partial charge in [-0.3, -0.25) is 0 Å². The van der Waals surface area contributed by atoms with Crippen molar-refractivity contribution in [3.8, 4) is 0 Å². The van der Waals surface area contributed by atoms with Gasteiger partial charge in [0, 0.05) is 22.8 Å². The third kappa shape index (κ3) is 3.56. The first kappa shape index (κ1) is 15.8. The average molecular weight is 358 g/mol. The van der Waals surface area contributed by atoms with Crippen LogP contribution in [0.2, 0.25) is 0 Å². The molecule has 0 radical (unpaired) electrons. The van der Waals surface area contributed by atoms with Gasteiger partial charge in [0.25, 0.3) is 0 Å². The van der Waals surface area contributed by atoms with Crippen LogP contribution in [0.25, 0.3) is 11.0 Å². The molecule has 0 saturated carbocycles. The largest absolute Gasteiger partial charge is 0.325 e. The summed E-state index contributed by atoms with van der Waals surface area (Å²) in [5.41, 5.74) is 2.28. The lowest BCUT2D eigenvalue weighted by molar-refractivity contribution is 0.474. The van der Waals surface area contributed by atoms with E-state index in [1.165, 1.54) is 31.2 Å². The molecule has 20 heavy (non-hydrogen) atoms. The van der Waals surface area contributed by atoms with Gasteiger partial charge in [-0.2, -0.15) is 0 Å². The minimum absolute atomic E-state index is 0.478. The van der Waals surface area contributed by atoms with Crippen LogP contribution in [0.5, 0.6) is 0 Å². The number of benzene rings is 1. The van der Waals surface area contributed by atoms with E-state index in [9.17, 15) is 0 Å². The van der Waals surface area contributed by atoms with E-state index >= 15 is 0 Å². The van der Waals surface area contributed by atoms with Crippen LogP contribution in [0.15, 0.2) is 22.7 Å². The van der Waals surface area contributed by atoms with Crippen molar-refractivity contribution >= 4 is 38.6 Å². The number of nitrogens with zero attached hydrogens (tertiary/aromatic N) is 2. The van der Waals surface area contributed by atoms with Gasteiger partial charge in [0.1, 0.15) is 5.82 Å². The normalized spacial score (nSPS) is 13.0. The number of hydrogen-bond acceptors (Lipinski definition) is 1. The molecule has 1 heterocycles. The summed E-state index contributed by atoms with van der Waals surface area (Å²) in [6.45, 7) is 4.53. The van der Waals surface area contributed by atoms with Crippen molar-refractivity contribution in [2.75, 3.05) is 5.88 Å². The Bertz CT molecular complexity index is 565. The zero-order chi connectivity index (χ0) is 14.5. The smallest absolute Gasteiger partial charge is 0.111 e. The fourth-order valence-electron chi connectivity index (χ4n) is 2.69. The molecule has 1 aromatic carbocycles. The second kappa shape index (κ2) is 7.46. The van der Waals surface area contributed by atoms with Crippen molar-refractivity contribution < 1.29 is 0 Å². The first-order valence-corrected chi connectivity index (χ1v) is 8.72. The molecule has 110 valence electrons. The first-order chi connectivity index (χ1) is 9.67. The van der Waals surface area contributed by atoms with Gasteiger partial charge in [0.05, 0.1) is 11.0 Å². The Morgan fingerprint density at radius 1 is 1.35 bits per heavy atom. The Labute approximate surface area is 134 Å². The highest BCUT2D eigenvalue weighted by molar-refractivity contribution is 9.10. The van der Waals surface area contributed by atoms with Crippen molar-refractivity contribution in [3.05, 3.63) is 28.5 Å². The first-order valence-electron chi connectivity index (χ1n) is 7.39. The SMILES string of the molecule is CCCCCC(C)n1c(CCCl)nc2cc(Br)ccc21. The number of alkyl halides is 1. The van der Waals surface area contributed by atoms with Crippen LogP contribution in [0.4, 0.5) is 0 Å². The topological polar surface area (TPSA) is 17.8 Å². The van der Waals surface area contributed by atoms with E-state index in [-0.39, 0.29) is 0 Å². The van der Waals surface area contributed by atoms with Crippen molar-refractivity contribution in [2.45, 2.75) is 52.0 Å². The van der Waals surface area contributed by atoms with Gasteiger partial charge in [-0.25, -0.2) is 4.98 Å². The highest BCUT2D eigenvalue weighted by atomic mass is 79.9. The van der Waals surface area contributed by atoms with Crippen LogP contribution >= 0.6 is 27.5 Å². The lowest BCUT2D eigenvalue weighted by atomic mass is 10.1. The number of aryl methyl sites for hydroxylation is 1. The maximum Gasteiger partial charge on any atom is 0.111 e. The molecule has 0 fully saturated rings. The number of rotatable bonds is 7. The highest BCUT2D eigenvalue weighted by Gasteiger charge is 2.15. The molecule has 1 aromatic heterocycles. The van der Waals surface area contributed by atoms with Gasteiger partial charge in [-0.05, 0) is 31.5 Å². The fraction of sp³-hybridized carbons (Fsp3) is 0.562. The molecule has 1 atom stereocenters. The molecular weight excluding hydrogens is 336 g/mol. The molecule has 0 spiro atoms. The van der Waals surface area contributed by atoms with E-state index in [2.05, 4.69) is 52.5 Å². The molecule has 2 aromatic rings. The summed E-state index contributed by atoms with van der Waals surface area (Å²) in [6, 6.07) is 6.80. The molecule has 0 aliphatic rings. The summed E-state index contributed by atoms with van der Waals surface area (Å²) in [4.78, 5) is 4.76. The molecule has 0 aliphatic heterocycles. The lowest BCUT2D eigenvalue weighted by Crippen LogP contribution is -2.10. The monoisotopic (exact) mass is 356 g/mol. The Hall–Kier alpha value is -0.540. The molecule has 1 unspecified atom stereocenters. The van der Waals surface area contributed by atoms with Crippen LogP contribution in [0, 0.1) is 0 Å². The van der Waals surface area contributed by atoms with Crippen molar-refractivity contribution in [1.82, 2.24) is 9.55 Å². The maximum absolute atomic E-state index is 5.94. The molecule has 2 nitrogen and oxygen atoms in total. The molecule has 0 saturated heterocycles. The number of fused-ring (bicyclic) bond motifs is 1. The molecule has 0 bridgehead atoms. The van der Waals surface area contributed by atoms with Gasteiger partial charge < -0.3 is 4.57 Å². The summed E-state index contributed by atoms with van der Waals surface area (Å²) in [5, 5.41) is 0. The third-order valence-electron chi connectivity index (χ3n) is 3.71. The summed E-state index contributed by atoms with van der Waals surface area (Å²) in [6.07, 6.45) is 5.86. The second-order valence-corrected chi connectivity index (χ2v) is 6.61. The van der Waals surface area contributed by atoms with Gasteiger partial charge in [0.2, 0.25) is 0 Å². The Morgan fingerprint density at radius 2 is 2.15 bits per heavy atom. The van der Waals surface area contributed by atoms with Crippen LogP contribution in [-0.2, 0) is 6.42 Å². The molecule has 0 amide bonds. The van der Waals surface area contributed by atoms with Gasteiger partial charge in [-0.1, -0.05) is 42.1 Å². The van der Waals surface area contributed by atoms with E-state index < -0.39 is 0 Å². The minimum Gasteiger partial charge on any atom is -0.325 e. The van der Waals surface area contributed by atoms with Gasteiger partial charge in [0.15, 0.2) is 0 Å². The number of halogens is 2. The highest BCUT2D eigenvalue weighted by Crippen LogP contribution is 2.27. The standard InChI is InChI=1S/C16H22BrClN2/c1-3-4-5-6-12(2)20-15-8-7-13(17)11-14(15)19-16(20)9-10-18/h7-8,11-12H,3-6,9-10H2,1-2H3. The van der Waals surface area contributed by atoms with Crippen LogP contribution in [0.3, 0.4) is 0 Å². The van der Waals surface area contributed by atoms with E-state index in [4.69, 9.17) is 16.6 Å². The van der Waals surface area contributed by atoms with E-state index in [0.717, 1.165) is 22.2 Å². The lowest BCUT2D eigenvalue weighted by Gasteiger charge is -2.17. The molecular formula is C16H22BrClN2. The Balaban J connectivity index is 2.34. The van der Waals surface area contributed by atoms with E-state index in [0.29, 0.717) is 11.9 Å². The molecule has 2 rings (SSSR count). The molecule has 4 heteroatoms. The number of hydrogen-bond donors (Lipinski definition) is 0. The zero-order valence-electron chi connectivity index (χ0n) is 12.2. The molecule has 0 N–H and O–H groups in total. The number of aromatic nitrogens is 2. The summed E-state index contributed by atoms with van der Waals surface area (Å²) in [7, 11) is 0. The maximum atomic E-state index is 5.94. The Kier molecular flexibility index (Phi) is 5.91. The van der Waals surface area contributed by atoms with Crippen LogP contribution in [-0.4, -0.2) is 15.4 Å². The average Bonchev–Trinajstić information content (AvgIpc) is 2.76. The predicted octanol–water partition coefficient (Wildman–Crippen LogP) is 5.72. The van der Waals surface area contributed by atoms with Gasteiger partial charge in [-0.15, -0.1) is 11.6 Å². The quantitative estimate of drug-likeness (QED) is 0.457.